The highest BCUT2D eigenvalue weighted by Crippen LogP contribution is 2.14. The molecule has 4 heteroatoms. The zero-order valence-corrected chi connectivity index (χ0v) is 9.41. The van der Waals surface area contributed by atoms with Crippen molar-refractivity contribution in [2.24, 2.45) is 0 Å². The molecule has 3 fully saturated rings. The number of piperazine rings is 1. The van der Waals surface area contributed by atoms with Crippen LogP contribution in [0.2, 0.25) is 0 Å². The highest BCUT2D eigenvalue weighted by Gasteiger charge is 2.30. The van der Waals surface area contributed by atoms with Gasteiger partial charge in [0.1, 0.15) is 0 Å². The Bertz CT molecular complexity index is 203. The summed E-state index contributed by atoms with van der Waals surface area (Å²) in [5, 5.41) is 6.82. The lowest BCUT2D eigenvalue weighted by Gasteiger charge is -2.44. The van der Waals surface area contributed by atoms with E-state index in [0.29, 0.717) is 0 Å². The third-order valence-electron chi connectivity index (χ3n) is 4.18. The van der Waals surface area contributed by atoms with Crippen molar-refractivity contribution in [3.8, 4) is 0 Å². The lowest BCUT2D eigenvalue weighted by Crippen LogP contribution is -2.62. The average Bonchev–Trinajstić information content (AvgIpc) is 2.69. The zero-order chi connectivity index (χ0) is 10.1. The monoisotopic (exact) mass is 210 g/mol. The van der Waals surface area contributed by atoms with Crippen LogP contribution in [0.4, 0.5) is 0 Å². The summed E-state index contributed by atoms with van der Waals surface area (Å²) in [7, 11) is 0. The molecule has 3 saturated heterocycles. The maximum absolute atomic E-state index is 3.46. The largest absolute Gasteiger partial charge is 0.315 e. The first-order chi connectivity index (χ1) is 7.43. The van der Waals surface area contributed by atoms with Crippen molar-refractivity contribution in [2.45, 2.75) is 18.5 Å². The molecule has 86 valence electrons. The molecule has 2 N–H and O–H groups in total. The van der Waals surface area contributed by atoms with Gasteiger partial charge in [-0.2, -0.15) is 0 Å². The van der Waals surface area contributed by atoms with Crippen molar-refractivity contribution in [2.75, 3.05) is 52.4 Å². The van der Waals surface area contributed by atoms with Gasteiger partial charge in [-0.25, -0.2) is 0 Å². The first-order valence-corrected chi connectivity index (χ1v) is 6.33. The molecular weight excluding hydrogens is 188 g/mol. The van der Waals surface area contributed by atoms with Crippen LogP contribution in [0.3, 0.4) is 0 Å². The van der Waals surface area contributed by atoms with Gasteiger partial charge >= 0.3 is 0 Å². The third kappa shape index (κ3) is 2.04. The zero-order valence-electron chi connectivity index (χ0n) is 9.41. The fraction of sp³-hybridized carbons (Fsp3) is 1.00. The van der Waals surface area contributed by atoms with E-state index >= 15 is 0 Å². The average molecular weight is 210 g/mol. The van der Waals surface area contributed by atoms with Crippen molar-refractivity contribution >= 4 is 0 Å². The minimum absolute atomic E-state index is 0.826. The molecule has 0 radical (unpaired) electrons. The van der Waals surface area contributed by atoms with Crippen LogP contribution in [0.1, 0.15) is 6.42 Å². The smallest absolute Gasteiger partial charge is 0.0346 e. The van der Waals surface area contributed by atoms with Crippen LogP contribution in [0.15, 0.2) is 0 Å². The van der Waals surface area contributed by atoms with Gasteiger partial charge in [0.05, 0.1) is 0 Å². The molecule has 0 saturated carbocycles. The summed E-state index contributed by atoms with van der Waals surface area (Å²) in [5.74, 6) is 0. The van der Waals surface area contributed by atoms with Gasteiger partial charge in [-0.3, -0.25) is 9.80 Å². The van der Waals surface area contributed by atoms with E-state index in [4.69, 9.17) is 0 Å². The van der Waals surface area contributed by atoms with Gasteiger partial charge in [-0.05, 0) is 13.0 Å². The third-order valence-corrected chi connectivity index (χ3v) is 4.18. The number of nitrogens with one attached hydrogen (secondary N) is 2. The van der Waals surface area contributed by atoms with Crippen molar-refractivity contribution in [1.82, 2.24) is 20.4 Å². The fourth-order valence-electron chi connectivity index (χ4n) is 2.95. The van der Waals surface area contributed by atoms with Gasteiger partial charge in [0, 0.05) is 57.9 Å². The van der Waals surface area contributed by atoms with Gasteiger partial charge in [-0.1, -0.05) is 0 Å². The maximum atomic E-state index is 3.46. The molecule has 0 spiro atoms. The lowest BCUT2D eigenvalue weighted by atomic mass is 10.1. The van der Waals surface area contributed by atoms with E-state index < -0.39 is 0 Å². The summed E-state index contributed by atoms with van der Waals surface area (Å²) >= 11 is 0. The molecule has 1 atom stereocenters. The van der Waals surface area contributed by atoms with E-state index in [1.165, 1.54) is 58.8 Å². The van der Waals surface area contributed by atoms with Crippen LogP contribution in [0, 0.1) is 0 Å². The molecule has 3 heterocycles. The molecule has 0 aromatic heterocycles. The van der Waals surface area contributed by atoms with Gasteiger partial charge < -0.3 is 10.6 Å². The van der Waals surface area contributed by atoms with Gasteiger partial charge in [0.2, 0.25) is 0 Å². The van der Waals surface area contributed by atoms with Crippen LogP contribution >= 0.6 is 0 Å². The topological polar surface area (TPSA) is 30.5 Å². The Morgan fingerprint density at radius 3 is 1.80 bits per heavy atom. The highest BCUT2D eigenvalue weighted by molar-refractivity contribution is 4.90. The van der Waals surface area contributed by atoms with E-state index in [2.05, 4.69) is 20.4 Å². The van der Waals surface area contributed by atoms with E-state index in [1.54, 1.807) is 0 Å². The number of hydrogen-bond acceptors (Lipinski definition) is 4. The molecule has 4 nitrogen and oxygen atoms in total. The summed E-state index contributed by atoms with van der Waals surface area (Å²) in [6.45, 7) is 9.98. The molecule has 0 aromatic carbocycles. The highest BCUT2D eigenvalue weighted by atomic mass is 15.3. The van der Waals surface area contributed by atoms with Crippen LogP contribution in [-0.2, 0) is 0 Å². The Morgan fingerprint density at radius 2 is 1.33 bits per heavy atom. The second-order valence-corrected chi connectivity index (χ2v) is 5.03. The summed E-state index contributed by atoms with van der Waals surface area (Å²) in [6, 6.07) is 1.67. The van der Waals surface area contributed by atoms with Crippen molar-refractivity contribution < 1.29 is 0 Å². The van der Waals surface area contributed by atoms with E-state index in [-0.39, 0.29) is 0 Å². The van der Waals surface area contributed by atoms with E-state index in [0.717, 1.165) is 12.1 Å². The summed E-state index contributed by atoms with van der Waals surface area (Å²) < 4.78 is 0. The van der Waals surface area contributed by atoms with Crippen LogP contribution in [-0.4, -0.2) is 74.2 Å². The molecule has 0 aromatic rings. The molecule has 0 amide bonds. The van der Waals surface area contributed by atoms with Crippen LogP contribution in [0.25, 0.3) is 0 Å². The van der Waals surface area contributed by atoms with E-state index in [9.17, 15) is 0 Å². The van der Waals surface area contributed by atoms with Gasteiger partial charge in [-0.15, -0.1) is 0 Å². The first kappa shape index (κ1) is 10.0. The second kappa shape index (κ2) is 4.37. The molecule has 3 aliphatic heterocycles. The van der Waals surface area contributed by atoms with Crippen molar-refractivity contribution in [3.63, 3.8) is 0 Å². The molecule has 1 unspecified atom stereocenters. The number of nitrogens with zero attached hydrogens (tertiary/aromatic N) is 2. The Morgan fingerprint density at radius 1 is 0.733 bits per heavy atom. The molecule has 15 heavy (non-hydrogen) atoms. The maximum Gasteiger partial charge on any atom is 0.0346 e. The molecule has 3 rings (SSSR count). The molecule has 0 aliphatic carbocycles. The normalized spacial score (nSPS) is 35.6. The Kier molecular flexibility index (Phi) is 2.92. The second-order valence-electron chi connectivity index (χ2n) is 5.03. The molecular formula is C11H22N4. The van der Waals surface area contributed by atoms with Crippen molar-refractivity contribution in [3.05, 3.63) is 0 Å². The molecule has 3 aliphatic rings. The predicted octanol–water partition coefficient (Wildman–Crippen LogP) is -1.06. The van der Waals surface area contributed by atoms with Crippen LogP contribution < -0.4 is 10.6 Å². The standard InChI is InChI=1S/C11H22N4/c1-2-12-7-10(1)14-3-5-15(6-4-14)11-8-13-9-11/h10-13H,1-9H2. The predicted molar refractivity (Wildman–Crippen MR) is 61.1 cm³/mol. The number of hydrogen-bond donors (Lipinski definition) is 2. The minimum Gasteiger partial charge on any atom is -0.315 e. The SMILES string of the molecule is C1CC(N2CCN(C3CNC3)CC2)CN1. The Balaban J connectivity index is 1.47. The quantitative estimate of drug-likeness (QED) is 0.608. The fourth-order valence-corrected chi connectivity index (χ4v) is 2.95. The molecule has 0 bridgehead atoms. The van der Waals surface area contributed by atoms with Crippen molar-refractivity contribution in [1.29, 1.82) is 0 Å². The summed E-state index contributed by atoms with van der Waals surface area (Å²) in [6.07, 6.45) is 1.35. The first-order valence-electron chi connectivity index (χ1n) is 6.33. The summed E-state index contributed by atoms with van der Waals surface area (Å²) in [4.78, 5) is 5.35. The Labute approximate surface area is 92.0 Å². The Hall–Kier alpha value is -0.160. The van der Waals surface area contributed by atoms with Crippen LogP contribution in [0.5, 0.6) is 0 Å². The van der Waals surface area contributed by atoms with E-state index in [1.807, 2.05) is 0 Å². The van der Waals surface area contributed by atoms with Gasteiger partial charge in [0.15, 0.2) is 0 Å². The minimum atomic E-state index is 0.826. The number of rotatable bonds is 2. The van der Waals surface area contributed by atoms with Gasteiger partial charge in [0.25, 0.3) is 0 Å². The summed E-state index contributed by atoms with van der Waals surface area (Å²) in [5.41, 5.74) is 0. The lowest BCUT2D eigenvalue weighted by molar-refractivity contribution is 0.0557.